The minimum atomic E-state index is -3.36. The van der Waals surface area contributed by atoms with E-state index < -0.39 is 10.0 Å². The van der Waals surface area contributed by atoms with Crippen LogP contribution in [0.4, 0.5) is 0 Å². The average molecular weight is 349 g/mol. The van der Waals surface area contributed by atoms with Crippen molar-refractivity contribution in [2.45, 2.75) is 12.5 Å². The molecule has 3 rings (SSSR count). The van der Waals surface area contributed by atoms with Crippen molar-refractivity contribution in [1.29, 1.82) is 0 Å². The average Bonchev–Trinajstić information content (AvgIpc) is 3.06. The standard InChI is InChI=1S/C16H19N3O4S/c20-24(21,12-11-22-14-5-2-1-3-6-14)19-10-8-15(13-19)23-16-7-4-9-17-18-16/h1-7,9,15H,8,10-13H2. The molecule has 0 amide bonds. The summed E-state index contributed by atoms with van der Waals surface area (Å²) in [7, 11) is -3.36. The summed E-state index contributed by atoms with van der Waals surface area (Å²) in [5.41, 5.74) is 0. The van der Waals surface area contributed by atoms with Crippen LogP contribution in [0.5, 0.6) is 11.6 Å². The van der Waals surface area contributed by atoms with Crippen molar-refractivity contribution in [2.75, 3.05) is 25.4 Å². The summed E-state index contributed by atoms with van der Waals surface area (Å²) in [6.45, 7) is 0.890. The van der Waals surface area contributed by atoms with Gasteiger partial charge in [-0.1, -0.05) is 18.2 Å². The molecular formula is C16H19N3O4S. The normalized spacial score (nSPS) is 18.4. The van der Waals surface area contributed by atoms with Crippen molar-refractivity contribution < 1.29 is 17.9 Å². The maximum absolute atomic E-state index is 12.4. The number of hydrogen-bond acceptors (Lipinski definition) is 6. The highest BCUT2D eigenvalue weighted by Gasteiger charge is 2.32. The Labute approximate surface area is 141 Å². The monoisotopic (exact) mass is 349 g/mol. The van der Waals surface area contributed by atoms with Gasteiger partial charge in [0.1, 0.15) is 18.5 Å². The van der Waals surface area contributed by atoms with Gasteiger partial charge in [0.25, 0.3) is 0 Å². The highest BCUT2D eigenvalue weighted by molar-refractivity contribution is 7.89. The highest BCUT2D eigenvalue weighted by Crippen LogP contribution is 2.19. The molecule has 1 aliphatic rings. The predicted molar refractivity (Wildman–Crippen MR) is 88.4 cm³/mol. The maximum Gasteiger partial charge on any atom is 0.233 e. The number of para-hydroxylation sites is 1. The first-order valence-electron chi connectivity index (χ1n) is 7.73. The van der Waals surface area contributed by atoms with Crippen LogP contribution in [0.2, 0.25) is 0 Å². The van der Waals surface area contributed by atoms with Crippen LogP contribution in [-0.4, -0.2) is 54.5 Å². The number of hydrogen-bond donors (Lipinski definition) is 0. The molecule has 1 aliphatic heterocycles. The number of ether oxygens (including phenoxy) is 2. The quantitative estimate of drug-likeness (QED) is 0.750. The molecule has 24 heavy (non-hydrogen) atoms. The second-order valence-electron chi connectivity index (χ2n) is 5.43. The topological polar surface area (TPSA) is 81.6 Å². The molecule has 8 heteroatoms. The van der Waals surface area contributed by atoms with E-state index in [1.807, 2.05) is 18.2 Å². The Balaban J connectivity index is 1.48. The van der Waals surface area contributed by atoms with Gasteiger partial charge in [-0.05, 0) is 24.6 Å². The third-order valence-corrected chi connectivity index (χ3v) is 5.49. The van der Waals surface area contributed by atoms with E-state index in [4.69, 9.17) is 9.47 Å². The van der Waals surface area contributed by atoms with E-state index in [-0.39, 0.29) is 18.5 Å². The zero-order valence-corrected chi connectivity index (χ0v) is 13.9. The van der Waals surface area contributed by atoms with Crippen LogP contribution in [0.25, 0.3) is 0 Å². The molecule has 0 radical (unpaired) electrons. The maximum atomic E-state index is 12.4. The van der Waals surface area contributed by atoms with Crippen molar-refractivity contribution >= 4 is 10.0 Å². The van der Waals surface area contributed by atoms with Crippen LogP contribution in [0, 0.1) is 0 Å². The van der Waals surface area contributed by atoms with Crippen LogP contribution in [0.15, 0.2) is 48.7 Å². The minimum absolute atomic E-state index is 0.0558. The van der Waals surface area contributed by atoms with Gasteiger partial charge in [-0.2, -0.15) is 9.40 Å². The van der Waals surface area contributed by atoms with Crippen molar-refractivity contribution in [3.63, 3.8) is 0 Å². The number of nitrogens with zero attached hydrogens (tertiary/aromatic N) is 3. The van der Waals surface area contributed by atoms with Crippen LogP contribution < -0.4 is 9.47 Å². The number of rotatable bonds is 7. The van der Waals surface area contributed by atoms with Crippen LogP contribution in [0.1, 0.15) is 6.42 Å². The Kier molecular flexibility index (Phi) is 5.27. The fraction of sp³-hybridized carbons (Fsp3) is 0.375. The molecular weight excluding hydrogens is 330 g/mol. The van der Waals surface area contributed by atoms with E-state index in [1.165, 1.54) is 4.31 Å². The van der Waals surface area contributed by atoms with Crippen molar-refractivity contribution in [2.24, 2.45) is 0 Å². The zero-order valence-electron chi connectivity index (χ0n) is 13.1. The van der Waals surface area contributed by atoms with Gasteiger partial charge in [0.05, 0.1) is 12.3 Å². The third kappa shape index (κ3) is 4.42. The van der Waals surface area contributed by atoms with Crippen LogP contribution in [0.3, 0.4) is 0 Å². The molecule has 128 valence electrons. The lowest BCUT2D eigenvalue weighted by Crippen LogP contribution is -2.34. The van der Waals surface area contributed by atoms with Gasteiger partial charge in [0.15, 0.2) is 0 Å². The molecule has 0 spiro atoms. The van der Waals surface area contributed by atoms with Crippen molar-refractivity contribution in [3.8, 4) is 11.6 Å². The fourth-order valence-electron chi connectivity index (χ4n) is 2.48. The summed E-state index contributed by atoms with van der Waals surface area (Å²) in [4.78, 5) is 0. The van der Waals surface area contributed by atoms with E-state index in [0.29, 0.717) is 31.1 Å². The molecule has 0 N–H and O–H groups in total. The number of sulfonamides is 1. The van der Waals surface area contributed by atoms with E-state index >= 15 is 0 Å². The van der Waals surface area contributed by atoms with Crippen molar-refractivity contribution in [1.82, 2.24) is 14.5 Å². The highest BCUT2D eigenvalue weighted by atomic mass is 32.2. The molecule has 0 aliphatic carbocycles. The number of benzene rings is 1. The van der Waals surface area contributed by atoms with Gasteiger partial charge in [-0.3, -0.25) is 0 Å². The van der Waals surface area contributed by atoms with Gasteiger partial charge in [0, 0.05) is 18.8 Å². The van der Waals surface area contributed by atoms with Crippen LogP contribution in [-0.2, 0) is 10.0 Å². The summed E-state index contributed by atoms with van der Waals surface area (Å²) < 4.78 is 37.3. The lowest BCUT2D eigenvalue weighted by molar-refractivity contribution is 0.204. The summed E-state index contributed by atoms with van der Waals surface area (Å²) in [6.07, 6.45) is 1.99. The first-order chi connectivity index (χ1) is 11.6. The molecule has 1 saturated heterocycles. The lowest BCUT2D eigenvalue weighted by Gasteiger charge is -2.17. The molecule has 1 unspecified atom stereocenters. The summed E-state index contributed by atoms with van der Waals surface area (Å²) in [5.74, 6) is 1.02. The second kappa shape index (κ2) is 7.59. The van der Waals surface area contributed by atoms with Crippen LogP contribution >= 0.6 is 0 Å². The molecule has 1 atom stereocenters. The Morgan fingerprint density at radius 3 is 2.75 bits per heavy atom. The van der Waals surface area contributed by atoms with E-state index in [0.717, 1.165) is 0 Å². The Morgan fingerprint density at radius 1 is 1.17 bits per heavy atom. The van der Waals surface area contributed by atoms with Gasteiger partial charge >= 0.3 is 0 Å². The molecule has 0 saturated carbocycles. The van der Waals surface area contributed by atoms with E-state index in [1.54, 1.807) is 30.5 Å². The number of aromatic nitrogens is 2. The SMILES string of the molecule is O=S(=O)(CCOc1ccccc1)N1CCC(Oc2cccnn2)C1. The van der Waals surface area contributed by atoms with Gasteiger partial charge < -0.3 is 9.47 Å². The smallest absolute Gasteiger partial charge is 0.233 e. The predicted octanol–water partition coefficient (Wildman–Crippen LogP) is 1.34. The fourth-order valence-corrected chi connectivity index (χ4v) is 3.81. The van der Waals surface area contributed by atoms with E-state index in [2.05, 4.69) is 10.2 Å². The molecule has 2 heterocycles. The summed E-state index contributed by atoms with van der Waals surface area (Å²) >= 11 is 0. The van der Waals surface area contributed by atoms with Gasteiger partial charge in [-0.15, -0.1) is 5.10 Å². The first kappa shape index (κ1) is 16.7. The Morgan fingerprint density at radius 2 is 2.00 bits per heavy atom. The molecule has 1 aromatic carbocycles. The first-order valence-corrected chi connectivity index (χ1v) is 9.34. The molecule has 0 bridgehead atoms. The summed E-state index contributed by atoms with van der Waals surface area (Å²) in [6, 6.07) is 12.6. The van der Waals surface area contributed by atoms with Gasteiger partial charge in [-0.25, -0.2) is 8.42 Å². The van der Waals surface area contributed by atoms with Gasteiger partial charge in [0.2, 0.25) is 15.9 Å². The largest absolute Gasteiger partial charge is 0.492 e. The Bertz CT molecular complexity index is 740. The van der Waals surface area contributed by atoms with Crippen molar-refractivity contribution in [3.05, 3.63) is 48.7 Å². The molecule has 1 fully saturated rings. The third-order valence-electron chi connectivity index (χ3n) is 3.69. The molecule has 2 aromatic rings. The zero-order chi connectivity index (χ0) is 16.8. The minimum Gasteiger partial charge on any atom is -0.492 e. The summed E-state index contributed by atoms with van der Waals surface area (Å²) in [5, 5.41) is 7.59. The second-order valence-corrected chi connectivity index (χ2v) is 7.51. The molecule has 7 nitrogen and oxygen atoms in total. The Hall–Kier alpha value is -2.19. The van der Waals surface area contributed by atoms with E-state index in [9.17, 15) is 8.42 Å². The lowest BCUT2D eigenvalue weighted by atomic mass is 10.3. The molecule has 1 aromatic heterocycles.